The fourth-order valence-electron chi connectivity index (χ4n) is 2.44. The van der Waals surface area contributed by atoms with Gasteiger partial charge in [-0.1, -0.05) is 13.3 Å². The second kappa shape index (κ2) is 6.61. The number of carboxylic acids is 1. The number of carbonyl (C=O) groups is 2. The minimum Gasteiger partial charge on any atom is -0.481 e. The summed E-state index contributed by atoms with van der Waals surface area (Å²) in [5.41, 5.74) is 0. The lowest BCUT2D eigenvalue weighted by molar-refractivity contribution is -0.138. The summed E-state index contributed by atoms with van der Waals surface area (Å²) in [6.45, 7) is 5.41. The number of nitrogens with zero attached hydrogens (tertiary/aromatic N) is 2. The second-order valence-electron chi connectivity index (χ2n) is 5.23. The number of urea groups is 1. The van der Waals surface area contributed by atoms with Gasteiger partial charge in [0.1, 0.15) is 0 Å². The van der Waals surface area contributed by atoms with E-state index in [-0.39, 0.29) is 24.4 Å². The van der Waals surface area contributed by atoms with Crippen molar-refractivity contribution < 1.29 is 14.7 Å². The van der Waals surface area contributed by atoms with E-state index in [2.05, 4.69) is 6.92 Å². The molecule has 0 bridgehead atoms. The Morgan fingerprint density at radius 1 is 1.50 bits per heavy atom. The summed E-state index contributed by atoms with van der Waals surface area (Å²) in [5, 5.41) is 8.75. The number of aliphatic carboxylic acids is 1. The Bertz CT molecular complexity index is 307. The molecule has 0 radical (unpaired) electrons. The highest BCUT2D eigenvalue weighted by Crippen LogP contribution is 2.21. The van der Waals surface area contributed by atoms with Gasteiger partial charge in [-0.25, -0.2) is 4.79 Å². The van der Waals surface area contributed by atoms with Crippen molar-refractivity contribution in [2.75, 3.05) is 20.1 Å². The first-order valence-corrected chi connectivity index (χ1v) is 6.69. The number of hydrogen-bond acceptors (Lipinski definition) is 2. The Morgan fingerprint density at radius 3 is 2.72 bits per heavy atom. The SMILES string of the molecule is CCCC(C)N(C)C(=O)N1CCC(CC(=O)O)C1. The highest BCUT2D eigenvalue weighted by molar-refractivity contribution is 5.75. The molecule has 2 unspecified atom stereocenters. The van der Waals surface area contributed by atoms with Crippen molar-refractivity contribution in [3.05, 3.63) is 0 Å². The van der Waals surface area contributed by atoms with Crippen LogP contribution in [-0.2, 0) is 4.79 Å². The van der Waals surface area contributed by atoms with Gasteiger partial charge in [-0.2, -0.15) is 0 Å². The zero-order chi connectivity index (χ0) is 13.7. The quantitative estimate of drug-likeness (QED) is 0.818. The van der Waals surface area contributed by atoms with Crippen LogP contribution in [0.25, 0.3) is 0 Å². The van der Waals surface area contributed by atoms with Crippen LogP contribution in [0, 0.1) is 5.92 Å². The third-order valence-corrected chi connectivity index (χ3v) is 3.69. The number of hydrogen-bond donors (Lipinski definition) is 1. The number of carbonyl (C=O) groups excluding carboxylic acids is 1. The van der Waals surface area contributed by atoms with Gasteiger partial charge in [0.15, 0.2) is 0 Å². The Kier molecular flexibility index (Phi) is 5.44. The largest absolute Gasteiger partial charge is 0.481 e. The Morgan fingerprint density at radius 2 is 2.17 bits per heavy atom. The minimum atomic E-state index is -0.776. The van der Waals surface area contributed by atoms with Gasteiger partial charge in [0.2, 0.25) is 0 Å². The first kappa shape index (κ1) is 14.8. The molecule has 18 heavy (non-hydrogen) atoms. The maximum atomic E-state index is 12.2. The third kappa shape index (κ3) is 3.89. The summed E-state index contributed by atoms with van der Waals surface area (Å²) in [5.74, 6) is -0.664. The average Bonchev–Trinajstić information content (AvgIpc) is 2.75. The van der Waals surface area contributed by atoms with Crippen LogP contribution in [0.1, 0.15) is 39.5 Å². The first-order valence-electron chi connectivity index (χ1n) is 6.69. The van der Waals surface area contributed by atoms with Crippen LogP contribution in [0.15, 0.2) is 0 Å². The molecule has 5 nitrogen and oxygen atoms in total. The molecule has 1 heterocycles. The van der Waals surface area contributed by atoms with Crippen molar-refractivity contribution in [3.63, 3.8) is 0 Å². The molecule has 1 fully saturated rings. The van der Waals surface area contributed by atoms with E-state index in [9.17, 15) is 9.59 Å². The number of rotatable bonds is 5. The lowest BCUT2D eigenvalue weighted by atomic mass is 10.1. The predicted molar refractivity (Wildman–Crippen MR) is 69.5 cm³/mol. The van der Waals surface area contributed by atoms with Crippen LogP contribution in [-0.4, -0.2) is 53.1 Å². The molecule has 1 aliphatic heterocycles. The lowest BCUT2D eigenvalue weighted by Gasteiger charge is -2.29. The van der Waals surface area contributed by atoms with E-state index in [0.717, 1.165) is 19.3 Å². The van der Waals surface area contributed by atoms with Crippen LogP contribution < -0.4 is 0 Å². The zero-order valence-corrected chi connectivity index (χ0v) is 11.6. The normalized spacial score (nSPS) is 20.8. The molecular formula is C13H24N2O3. The summed E-state index contributed by atoms with van der Waals surface area (Å²) >= 11 is 0. The van der Waals surface area contributed by atoms with Crippen LogP contribution in [0.5, 0.6) is 0 Å². The molecule has 0 aromatic heterocycles. The van der Waals surface area contributed by atoms with Crippen LogP contribution in [0.4, 0.5) is 4.79 Å². The van der Waals surface area contributed by atoms with Crippen molar-refractivity contribution in [3.8, 4) is 0 Å². The highest BCUT2D eigenvalue weighted by atomic mass is 16.4. The fraction of sp³-hybridized carbons (Fsp3) is 0.846. The van der Waals surface area contributed by atoms with Gasteiger partial charge in [-0.05, 0) is 25.7 Å². The first-order chi connectivity index (χ1) is 8.45. The van der Waals surface area contributed by atoms with Crippen molar-refractivity contribution in [2.45, 2.75) is 45.6 Å². The fourth-order valence-corrected chi connectivity index (χ4v) is 2.44. The lowest BCUT2D eigenvalue weighted by Crippen LogP contribution is -2.44. The summed E-state index contributed by atoms with van der Waals surface area (Å²) < 4.78 is 0. The van der Waals surface area contributed by atoms with Gasteiger partial charge in [0.05, 0.1) is 0 Å². The van der Waals surface area contributed by atoms with E-state index in [1.807, 2.05) is 14.0 Å². The minimum absolute atomic E-state index is 0.0313. The van der Waals surface area contributed by atoms with E-state index >= 15 is 0 Å². The van der Waals surface area contributed by atoms with Gasteiger partial charge >= 0.3 is 12.0 Å². The van der Waals surface area contributed by atoms with E-state index in [1.165, 1.54) is 0 Å². The monoisotopic (exact) mass is 256 g/mol. The molecule has 0 aromatic rings. The van der Waals surface area contributed by atoms with E-state index in [4.69, 9.17) is 5.11 Å². The van der Waals surface area contributed by atoms with E-state index < -0.39 is 5.97 Å². The van der Waals surface area contributed by atoms with E-state index in [0.29, 0.717) is 13.1 Å². The molecule has 1 N–H and O–H groups in total. The van der Waals surface area contributed by atoms with Gasteiger partial charge in [-0.3, -0.25) is 4.79 Å². The third-order valence-electron chi connectivity index (χ3n) is 3.69. The van der Waals surface area contributed by atoms with E-state index in [1.54, 1.807) is 9.80 Å². The summed E-state index contributed by atoms with van der Waals surface area (Å²) in [7, 11) is 1.83. The van der Waals surface area contributed by atoms with Crippen LogP contribution >= 0.6 is 0 Å². The number of carboxylic acid groups (broad SMARTS) is 1. The summed E-state index contributed by atoms with van der Waals surface area (Å²) in [6, 6.07) is 0.268. The molecule has 2 amide bonds. The van der Waals surface area contributed by atoms with Gasteiger partial charge in [-0.15, -0.1) is 0 Å². The maximum absolute atomic E-state index is 12.2. The summed E-state index contributed by atoms with van der Waals surface area (Å²) in [6.07, 6.45) is 3.01. The number of amides is 2. The molecule has 104 valence electrons. The standard InChI is InChI=1S/C13H24N2O3/c1-4-5-10(2)14(3)13(18)15-7-6-11(9-15)8-12(16)17/h10-11H,4-9H2,1-3H3,(H,16,17). The number of likely N-dealkylation sites (tertiary alicyclic amines) is 1. The zero-order valence-electron chi connectivity index (χ0n) is 11.6. The maximum Gasteiger partial charge on any atom is 0.319 e. The van der Waals surface area contributed by atoms with Crippen LogP contribution in [0.2, 0.25) is 0 Å². The second-order valence-corrected chi connectivity index (χ2v) is 5.23. The van der Waals surface area contributed by atoms with Gasteiger partial charge in [0.25, 0.3) is 0 Å². The topological polar surface area (TPSA) is 60.9 Å². The molecule has 0 saturated carbocycles. The Labute approximate surface area is 109 Å². The molecular weight excluding hydrogens is 232 g/mol. The molecule has 0 aromatic carbocycles. The molecule has 1 rings (SSSR count). The van der Waals surface area contributed by atoms with Crippen molar-refractivity contribution >= 4 is 12.0 Å². The molecule has 2 atom stereocenters. The predicted octanol–water partition coefficient (Wildman–Crippen LogP) is 2.02. The van der Waals surface area contributed by atoms with Crippen molar-refractivity contribution in [1.82, 2.24) is 9.80 Å². The Balaban J connectivity index is 2.46. The highest BCUT2D eigenvalue weighted by Gasteiger charge is 2.30. The molecule has 0 spiro atoms. The average molecular weight is 256 g/mol. The molecule has 0 aliphatic carbocycles. The van der Waals surface area contributed by atoms with Gasteiger partial charge < -0.3 is 14.9 Å². The van der Waals surface area contributed by atoms with Crippen molar-refractivity contribution in [2.24, 2.45) is 5.92 Å². The smallest absolute Gasteiger partial charge is 0.319 e. The van der Waals surface area contributed by atoms with Gasteiger partial charge in [0, 0.05) is 32.6 Å². The van der Waals surface area contributed by atoms with Crippen molar-refractivity contribution in [1.29, 1.82) is 0 Å². The Hall–Kier alpha value is -1.26. The summed E-state index contributed by atoms with van der Waals surface area (Å²) in [4.78, 5) is 26.4. The molecule has 5 heteroatoms. The van der Waals surface area contributed by atoms with Crippen LogP contribution in [0.3, 0.4) is 0 Å². The molecule has 1 aliphatic rings. The molecule has 1 saturated heterocycles.